The molecule has 4 heteroatoms. The number of anilines is 1. The summed E-state index contributed by atoms with van der Waals surface area (Å²) in [6.45, 7) is 13.5. The van der Waals surface area contributed by atoms with Gasteiger partial charge in [0.05, 0.1) is 12.3 Å². The monoisotopic (exact) mass is 332 g/mol. The fraction of sp³-hybridized carbons (Fsp3) is 0.700. The van der Waals surface area contributed by atoms with Gasteiger partial charge >= 0.3 is 0 Å². The van der Waals surface area contributed by atoms with Gasteiger partial charge < -0.3 is 14.4 Å². The van der Waals surface area contributed by atoms with Gasteiger partial charge in [-0.05, 0) is 52.2 Å². The van der Waals surface area contributed by atoms with E-state index in [1.807, 2.05) is 0 Å². The molecule has 1 saturated heterocycles. The number of hydrogen-bond acceptors (Lipinski definition) is 4. The van der Waals surface area contributed by atoms with Crippen molar-refractivity contribution in [2.75, 3.05) is 37.7 Å². The minimum Gasteiger partial charge on any atom is -0.489 e. The van der Waals surface area contributed by atoms with E-state index in [0.29, 0.717) is 18.7 Å². The molecule has 0 unspecified atom stereocenters. The summed E-state index contributed by atoms with van der Waals surface area (Å²) in [7, 11) is 0. The van der Waals surface area contributed by atoms with Crippen molar-refractivity contribution < 1.29 is 9.47 Å². The molecular weight excluding hydrogens is 300 g/mol. The smallest absolute Gasteiger partial charge is 0.143 e. The minimum absolute atomic E-state index is 0.160. The minimum atomic E-state index is 0.160. The molecule has 2 aliphatic heterocycles. The van der Waals surface area contributed by atoms with Gasteiger partial charge in [-0.25, -0.2) is 0 Å². The van der Waals surface area contributed by atoms with Gasteiger partial charge in [-0.2, -0.15) is 0 Å². The summed E-state index contributed by atoms with van der Waals surface area (Å²) >= 11 is 0. The van der Waals surface area contributed by atoms with E-state index in [1.54, 1.807) is 0 Å². The Hall–Kier alpha value is -1.26. The Balaban J connectivity index is 1.70. The average molecular weight is 332 g/mol. The highest BCUT2D eigenvalue weighted by Crippen LogP contribution is 2.37. The highest BCUT2D eigenvalue weighted by molar-refractivity contribution is 5.65. The summed E-state index contributed by atoms with van der Waals surface area (Å²) in [6, 6.07) is 7.55. The second-order valence-corrected chi connectivity index (χ2v) is 7.55. The molecule has 4 nitrogen and oxygen atoms in total. The molecule has 0 amide bonds. The lowest BCUT2D eigenvalue weighted by Crippen LogP contribution is -2.47. The average Bonchev–Trinajstić information content (AvgIpc) is 2.59. The van der Waals surface area contributed by atoms with E-state index in [2.05, 4.69) is 55.7 Å². The molecule has 0 N–H and O–H groups in total. The quantitative estimate of drug-likeness (QED) is 0.826. The lowest BCUT2D eigenvalue weighted by molar-refractivity contribution is -0.0564. The molecule has 24 heavy (non-hydrogen) atoms. The standard InChI is InChI=1S/C20H32N2O2/c1-15(2)21-11-12-23-18(13-21)14-24-19-9-5-7-17-8-6-10-22(16(3)4)20(17)19/h5,7,9,15-16,18H,6,8,10-14H2,1-4H3/t18-/m0/s1. The molecule has 0 radical (unpaired) electrons. The Kier molecular flexibility index (Phi) is 5.67. The van der Waals surface area contributed by atoms with Crippen LogP contribution in [0.3, 0.4) is 0 Å². The fourth-order valence-electron chi connectivity index (χ4n) is 3.77. The van der Waals surface area contributed by atoms with Crippen molar-refractivity contribution in [2.45, 2.75) is 58.7 Å². The first-order chi connectivity index (χ1) is 11.6. The number of aryl methyl sites for hydroxylation is 1. The molecule has 0 aromatic heterocycles. The van der Waals surface area contributed by atoms with Crippen molar-refractivity contribution >= 4 is 5.69 Å². The third-order valence-electron chi connectivity index (χ3n) is 5.16. The molecule has 1 atom stereocenters. The number of ether oxygens (including phenoxy) is 2. The number of benzene rings is 1. The molecular formula is C20H32N2O2. The van der Waals surface area contributed by atoms with Crippen LogP contribution in [0.4, 0.5) is 5.69 Å². The first kappa shape index (κ1) is 17.6. The maximum Gasteiger partial charge on any atom is 0.143 e. The zero-order valence-electron chi connectivity index (χ0n) is 15.6. The van der Waals surface area contributed by atoms with Gasteiger partial charge in [-0.15, -0.1) is 0 Å². The summed E-state index contributed by atoms with van der Waals surface area (Å²) < 4.78 is 12.2. The Bertz CT molecular complexity index is 544. The first-order valence-corrected chi connectivity index (χ1v) is 9.43. The van der Waals surface area contributed by atoms with Gasteiger partial charge in [0.15, 0.2) is 0 Å². The topological polar surface area (TPSA) is 24.9 Å². The van der Waals surface area contributed by atoms with Crippen molar-refractivity contribution in [3.8, 4) is 5.75 Å². The third-order valence-corrected chi connectivity index (χ3v) is 5.16. The van der Waals surface area contributed by atoms with Gasteiger partial charge in [0.2, 0.25) is 0 Å². The van der Waals surface area contributed by atoms with E-state index >= 15 is 0 Å². The summed E-state index contributed by atoms with van der Waals surface area (Å²) in [5.74, 6) is 1.02. The summed E-state index contributed by atoms with van der Waals surface area (Å²) in [5.41, 5.74) is 2.72. The number of fused-ring (bicyclic) bond motifs is 1. The van der Waals surface area contributed by atoms with E-state index in [1.165, 1.54) is 17.7 Å². The van der Waals surface area contributed by atoms with Crippen molar-refractivity contribution in [3.63, 3.8) is 0 Å². The van der Waals surface area contributed by atoms with Crippen LogP contribution in [0.5, 0.6) is 5.75 Å². The second kappa shape index (κ2) is 7.75. The molecule has 0 spiro atoms. The van der Waals surface area contributed by atoms with Crippen LogP contribution in [0.2, 0.25) is 0 Å². The Labute approximate surface area is 146 Å². The molecule has 1 aromatic carbocycles. The molecule has 1 aromatic rings. The van der Waals surface area contributed by atoms with Crippen LogP contribution < -0.4 is 9.64 Å². The lowest BCUT2D eigenvalue weighted by atomic mass is 9.99. The largest absolute Gasteiger partial charge is 0.489 e. The van der Waals surface area contributed by atoms with Gasteiger partial charge in [-0.3, -0.25) is 4.90 Å². The first-order valence-electron chi connectivity index (χ1n) is 9.43. The molecule has 134 valence electrons. The molecule has 1 fully saturated rings. The predicted molar refractivity (Wildman–Crippen MR) is 99.2 cm³/mol. The SMILES string of the molecule is CC(C)N1CCO[C@H](COc2cccc3c2N(C(C)C)CCC3)C1. The molecule has 2 aliphatic rings. The van der Waals surface area contributed by atoms with Crippen LogP contribution >= 0.6 is 0 Å². The van der Waals surface area contributed by atoms with E-state index in [0.717, 1.165) is 38.4 Å². The van der Waals surface area contributed by atoms with Crippen LogP contribution in [-0.4, -0.2) is 55.9 Å². The number of hydrogen-bond donors (Lipinski definition) is 0. The molecule has 0 aliphatic carbocycles. The van der Waals surface area contributed by atoms with Crippen molar-refractivity contribution in [1.29, 1.82) is 0 Å². The maximum absolute atomic E-state index is 6.26. The molecule has 2 heterocycles. The molecule has 0 saturated carbocycles. The third kappa shape index (κ3) is 3.86. The van der Waals surface area contributed by atoms with Gasteiger partial charge in [0, 0.05) is 31.7 Å². The molecule has 0 bridgehead atoms. The van der Waals surface area contributed by atoms with Crippen LogP contribution in [-0.2, 0) is 11.2 Å². The number of para-hydroxylation sites is 1. The van der Waals surface area contributed by atoms with E-state index in [-0.39, 0.29) is 6.10 Å². The Morgan fingerprint density at radius 1 is 1.17 bits per heavy atom. The summed E-state index contributed by atoms with van der Waals surface area (Å²) in [6.07, 6.45) is 2.54. The van der Waals surface area contributed by atoms with Crippen molar-refractivity contribution in [1.82, 2.24) is 4.90 Å². The van der Waals surface area contributed by atoms with E-state index in [9.17, 15) is 0 Å². The number of rotatable bonds is 5. The van der Waals surface area contributed by atoms with Crippen LogP contribution in [0.15, 0.2) is 18.2 Å². The maximum atomic E-state index is 6.26. The Morgan fingerprint density at radius 3 is 2.75 bits per heavy atom. The summed E-state index contributed by atoms with van der Waals surface area (Å²) in [5, 5.41) is 0. The van der Waals surface area contributed by atoms with Gasteiger partial charge in [-0.1, -0.05) is 12.1 Å². The predicted octanol–water partition coefficient (Wildman–Crippen LogP) is 3.34. The van der Waals surface area contributed by atoms with Gasteiger partial charge in [0.25, 0.3) is 0 Å². The van der Waals surface area contributed by atoms with Crippen molar-refractivity contribution in [3.05, 3.63) is 23.8 Å². The number of nitrogens with zero attached hydrogens (tertiary/aromatic N) is 2. The van der Waals surface area contributed by atoms with Gasteiger partial charge in [0.1, 0.15) is 18.5 Å². The zero-order valence-corrected chi connectivity index (χ0v) is 15.6. The normalized spacial score (nSPS) is 22.1. The van der Waals surface area contributed by atoms with E-state index < -0.39 is 0 Å². The van der Waals surface area contributed by atoms with Crippen LogP contribution in [0.25, 0.3) is 0 Å². The fourth-order valence-corrected chi connectivity index (χ4v) is 3.77. The van der Waals surface area contributed by atoms with E-state index in [4.69, 9.17) is 9.47 Å². The molecule has 3 rings (SSSR count). The van der Waals surface area contributed by atoms with Crippen molar-refractivity contribution in [2.24, 2.45) is 0 Å². The highest BCUT2D eigenvalue weighted by Gasteiger charge is 2.26. The van der Waals surface area contributed by atoms with Crippen LogP contribution in [0.1, 0.15) is 39.7 Å². The summed E-state index contributed by atoms with van der Waals surface area (Å²) in [4.78, 5) is 4.95. The second-order valence-electron chi connectivity index (χ2n) is 7.55. The lowest BCUT2D eigenvalue weighted by Gasteiger charge is -2.37. The number of morpholine rings is 1. The highest BCUT2D eigenvalue weighted by atomic mass is 16.5. The zero-order chi connectivity index (χ0) is 17.1. The Morgan fingerprint density at radius 2 is 2.00 bits per heavy atom. The van der Waals surface area contributed by atoms with Crippen LogP contribution in [0, 0.1) is 0 Å².